The number of rotatable bonds is 6. The fraction of sp³-hybridized carbons (Fsp3) is 0.300. The van der Waals surface area contributed by atoms with Gasteiger partial charge in [-0.25, -0.2) is 0 Å². The van der Waals surface area contributed by atoms with Crippen LogP contribution >= 0.6 is 0 Å². The zero-order valence-electron chi connectivity index (χ0n) is 13.9. The van der Waals surface area contributed by atoms with Crippen molar-refractivity contribution in [3.05, 3.63) is 65.7 Å². The predicted octanol–water partition coefficient (Wildman–Crippen LogP) is 3.25. The molecule has 1 aliphatic carbocycles. The molecule has 5 heteroatoms. The molecule has 2 N–H and O–H groups in total. The van der Waals surface area contributed by atoms with Crippen LogP contribution in [0.2, 0.25) is 0 Å². The van der Waals surface area contributed by atoms with Gasteiger partial charge in [0.25, 0.3) is 5.91 Å². The van der Waals surface area contributed by atoms with Crippen molar-refractivity contribution >= 4 is 11.9 Å². The summed E-state index contributed by atoms with van der Waals surface area (Å²) in [5.41, 5.74) is 1.58. The Labute approximate surface area is 146 Å². The van der Waals surface area contributed by atoms with Gasteiger partial charge in [-0.1, -0.05) is 36.4 Å². The zero-order valence-corrected chi connectivity index (χ0v) is 13.9. The Balaban J connectivity index is 1.57. The lowest BCUT2D eigenvalue weighted by molar-refractivity contribution is -0.141. The molecule has 0 aliphatic heterocycles. The molecule has 0 bridgehead atoms. The van der Waals surface area contributed by atoms with Crippen LogP contribution in [0.3, 0.4) is 0 Å². The highest BCUT2D eigenvalue weighted by Crippen LogP contribution is 2.26. The first-order chi connectivity index (χ1) is 12.1. The van der Waals surface area contributed by atoms with Crippen LogP contribution in [-0.2, 0) is 11.4 Å². The van der Waals surface area contributed by atoms with Crippen LogP contribution in [0.25, 0.3) is 0 Å². The standard InChI is InChI=1S/C20H21NO4/c22-19(21-17-10-9-16(11-17)20(23)24)15-7-4-8-18(12-15)25-13-14-5-2-1-3-6-14/h1-8,12,16-17H,9-11,13H2,(H,21,22)(H,23,24)/t16-,17+/m1/s1. The maximum Gasteiger partial charge on any atom is 0.306 e. The molecule has 0 unspecified atom stereocenters. The summed E-state index contributed by atoms with van der Waals surface area (Å²) < 4.78 is 5.74. The number of carboxylic acids is 1. The van der Waals surface area contributed by atoms with Gasteiger partial charge in [0.15, 0.2) is 0 Å². The van der Waals surface area contributed by atoms with Crippen LogP contribution in [0.5, 0.6) is 5.75 Å². The van der Waals surface area contributed by atoms with E-state index in [1.165, 1.54) is 0 Å². The molecule has 1 saturated carbocycles. The maximum atomic E-state index is 12.4. The number of amides is 1. The topological polar surface area (TPSA) is 75.6 Å². The van der Waals surface area contributed by atoms with Gasteiger partial charge in [-0.15, -0.1) is 0 Å². The first-order valence-electron chi connectivity index (χ1n) is 8.42. The zero-order chi connectivity index (χ0) is 17.6. The van der Waals surface area contributed by atoms with Gasteiger partial charge in [0.05, 0.1) is 5.92 Å². The average Bonchev–Trinajstić information content (AvgIpc) is 3.10. The number of carboxylic acid groups (broad SMARTS) is 1. The first-order valence-corrected chi connectivity index (χ1v) is 8.42. The number of carbonyl (C=O) groups is 2. The largest absolute Gasteiger partial charge is 0.489 e. The molecule has 25 heavy (non-hydrogen) atoms. The van der Waals surface area contributed by atoms with Crippen LogP contribution in [-0.4, -0.2) is 23.0 Å². The summed E-state index contributed by atoms with van der Waals surface area (Å²) in [5, 5.41) is 12.0. The van der Waals surface area contributed by atoms with Gasteiger partial charge in [-0.3, -0.25) is 9.59 Å². The molecule has 0 aromatic heterocycles. The molecule has 0 spiro atoms. The Morgan fingerprint density at radius 1 is 1.08 bits per heavy atom. The number of ether oxygens (including phenoxy) is 1. The van der Waals surface area contributed by atoms with Crippen LogP contribution < -0.4 is 10.1 Å². The summed E-state index contributed by atoms with van der Waals surface area (Å²) in [6.07, 6.45) is 1.80. The molecule has 0 saturated heterocycles. The molecule has 3 rings (SSSR count). The van der Waals surface area contributed by atoms with E-state index in [0.29, 0.717) is 37.2 Å². The molecule has 1 amide bonds. The normalized spacial score (nSPS) is 19.4. The highest BCUT2D eigenvalue weighted by molar-refractivity contribution is 5.94. The molecular formula is C20H21NO4. The molecule has 0 radical (unpaired) electrons. The molecule has 2 aromatic carbocycles. The van der Waals surface area contributed by atoms with Crippen LogP contribution in [0, 0.1) is 5.92 Å². The van der Waals surface area contributed by atoms with Crippen LogP contribution in [0.15, 0.2) is 54.6 Å². The van der Waals surface area contributed by atoms with Gasteiger partial charge in [0.2, 0.25) is 0 Å². The van der Waals surface area contributed by atoms with Crippen molar-refractivity contribution in [3.8, 4) is 5.75 Å². The van der Waals surface area contributed by atoms with E-state index in [4.69, 9.17) is 9.84 Å². The van der Waals surface area contributed by atoms with Gasteiger partial charge in [0.1, 0.15) is 12.4 Å². The fourth-order valence-corrected chi connectivity index (χ4v) is 3.07. The second-order valence-corrected chi connectivity index (χ2v) is 6.32. The number of benzene rings is 2. The summed E-state index contributed by atoms with van der Waals surface area (Å²) >= 11 is 0. The molecule has 130 valence electrons. The van der Waals surface area contributed by atoms with E-state index in [-0.39, 0.29) is 17.9 Å². The summed E-state index contributed by atoms with van der Waals surface area (Å²) in [6, 6.07) is 16.8. The third-order valence-corrected chi connectivity index (χ3v) is 4.46. The van der Waals surface area contributed by atoms with Crippen molar-refractivity contribution < 1.29 is 19.4 Å². The minimum absolute atomic E-state index is 0.0810. The van der Waals surface area contributed by atoms with Crippen molar-refractivity contribution in [2.75, 3.05) is 0 Å². The maximum absolute atomic E-state index is 12.4. The van der Waals surface area contributed by atoms with E-state index in [9.17, 15) is 9.59 Å². The molecule has 2 atom stereocenters. The number of carbonyl (C=O) groups excluding carboxylic acids is 1. The summed E-state index contributed by atoms with van der Waals surface area (Å²) in [4.78, 5) is 23.4. The lowest BCUT2D eigenvalue weighted by Crippen LogP contribution is -2.33. The first kappa shape index (κ1) is 17.0. The smallest absolute Gasteiger partial charge is 0.306 e. The van der Waals surface area contributed by atoms with Gasteiger partial charge in [-0.05, 0) is 43.0 Å². The molecule has 1 aliphatic rings. The third kappa shape index (κ3) is 4.59. The second kappa shape index (κ2) is 7.83. The van der Waals surface area contributed by atoms with E-state index in [1.54, 1.807) is 18.2 Å². The molecule has 0 heterocycles. The Morgan fingerprint density at radius 2 is 1.88 bits per heavy atom. The highest BCUT2D eigenvalue weighted by Gasteiger charge is 2.30. The van der Waals surface area contributed by atoms with Crippen molar-refractivity contribution in [2.24, 2.45) is 5.92 Å². The van der Waals surface area contributed by atoms with Gasteiger partial charge in [-0.2, -0.15) is 0 Å². The Kier molecular flexibility index (Phi) is 5.33. The van der Waals surface area contributed by atoms with Crippen molar-refractivity contribution in [3.63, 3.8) is 0 Å². The Morgan fingerprint density at radius 3 is 2.60 bits per heavy atom. The quantitative estimate of drug-likeness (QED) is 0.847. The minimum atomic E-state index is -0.784. The highest BCUT2D eigenvalue weighted by atomic mass is 16.5. The van der Waals surface area contributed by atoms with Crippen molar-refractivity contribution in [1.29, 1.82) is 0 Å². The fourth-order valence-electron chi connectivity index (χ4n) is 3.07. The van der Waals surface area contributed by atoms with Gasteiger partial charge < -0.3 is 15.2 Å². The Bertz CT molecular complexity index is 744. The van der Waals surface area contributed by atoms with Crippen LogP contribution in [0.4, 0.5) is 0 Å². The van der Waals surface area contributed by atoms with Crippen molar-refractivity contribution in [2.45, 2.75) is 31.9 Å². The number of nitrogens with one attached hydrogen (secondary N) is 1. The lowest BCUT2D eigenvalue weighted by Gasteiger charge is -2.13. The van der Waals surface area contributed by atoms with E-state index < -0.39 is 5.97 Å². The van der Waals surface area contributed by atoms with Gasteiger partial charge >= 0.3 is 5.97 Å². The number of hydrogen-bond acceptors (Lipinski definition) is 3. The second-order valence-electron chi connectivity index (χ2n) is 6.32. The Hall–Kier alpha value is -2.82. The van der Waals surface area contributed by atoms with E-state index in [0.717, 1.165) is 5.56 Å². The predicted molar refractivity (Wildman–Crippen MR) is 93.4 cm³/mol. The summed E-state index contributed by atoms with van der Waals surface area (Å²) in [5.74, 6) is -0.702. The average molecular weight is 339 g/mol. The molecule has 5 nitrogen and oxygen atoms in total. The van der Waals surface area contributed by atoms with E-state index >= 15 is 0 Å². The molecule has 2 aromatic rings. The van der Waals surface area contributed by atoms with Gasteiger partial charge in [0, 0.05) is 11.6 Å². The molecular weight excluding hydrogens is 318 g/mol. The third-order valence-electron chi connectivity index (χ3n) is 4.46. The SMILES string of the molecule is O=C(N[C@H]1CC[C@@H](C(=O)O)C1)c1cccc(OCc2ccccc2)c1. The minimum Gasteiger partial charge on any atom is -0.489 e. The summed E-state index contributed by atoms with van der Waals surface area (Å²) in [6.45, 7) is 0.439. The van der Waals surface area contributed by atoms with Crippen LogP contribution in [0.1, 0.15) is 35.2 Å². The summed E-state index contributed by atoms with van der Waals surface area (Å²) in [7, 11) is 0. The van der Waals surface area contributed by atoms with E-state index in [2.05, 4.69) is 5.32 Å². The lowest BCUT2D eigenvalue weighted by atomic mass is 10.1. The van der Waals surface area contributed by atoms with E-state index in [1.807, 2.05) is 36.4 Å². The number of hydrogen-bond donors (Lipinski definition) is 2. The number of aliphatic carboxylic acids is 1. The van der Waals surface area contributed by atoms with Crippen molar-refractivity contribution in [1.82, 2.24) is 5.32 Å². The monoisotopic (exact) mass is 339 g/mol. The molecule has 1 fully saturated rings.